The van der Waals surface area contributed by atoms with Crippen LogP contribution in [0, 0.1) is 0 Å². The number of anilines is 3. The molecule has 0 atom stereocenters. The van der Waals surface area contributed by atoms with E-state index in [0.29, 0.717) is 24.5 Å². The lowest BCUT2D eigenvalue weighted by atomic mass is 10.1. The van der Waals surface area contributed by atoms with E-state index < -0.39 is 0 Å². The van der Waals surface area contributed by atoms with Gasteiger partial charge in [-0.3, -0.25) is 9.69 Å². The highest BCUT2D eigenvalue weighted by atomic mass is 16.2. The molecular weight excluding hydrogens is 316 g/mol. The monoisotopic (exact) mass is 338 g/mol. The summed E-state index contributed by atoms with van der Waals surface area (Å²) < 4.78 is 0. The molecule has 0 aliphatic carbocycles. The maximum atomic E-state index is 12.2. The van der Waals surface area contributed by atoms with Gasteiger partial charge >= 0.3 is 6.03 Å². The van der Waals surface area contributed by atoms with Crippen LogP contribution in [0.3, 0.4) is 0 Å². The first kappa shape index (κ1) is 16.8. The summed E-state index contributed by atoms with van der Waals surface area (Å²) in [7, 11) is 0. The molecule has 0 saturated heterocycles. The molecule has 0 spiro atoms. The molecule has 130 valence electrons. The number of carbonyl (C=O) groups excluding carboxylic acids is 2. The third-order valence-electron chi connectivity index (χ3n) is 4.18. The number of urea groups is 1. The van der Waals surface area contributed by atoms with E-state index in [1.807, 2.05) is 37.3 Å². The van der Waals surface area contributed by atoms with E-state index in [9.17, 15) is 9.59 Å². The SMILES string of the molecule is CCNC(=O)N1CCc2ccc(NC(=O)Cc3ccc(N)cc3)cc21. The zero-order valence-electron chi connectivity index (χ0n) is 14.2. The number of hydrogen-bond acceptors (Lipinski definition) is 3. The van der Waals surface area contributed by atoms with E-state index in [-0.39, 0.29) is 18.4 Å². The normalized spacial score (nSPS) is 12.6. The number of hydrogen-bond donors (Lipinski definition) is 3. The minimum atomic E-state index is -0.105. The second-order valence-electron chi connectivity index (χ2n) is 6.05. The molecule has 0 aromatic heterocycles. The second kappa shape index (κ2) is 7.25. The van der Waals surface area contributed by atoms with Gasteiger partial charge in [-0.15, -0.1) is 0 Å². The zero-order chi connectivity index (χ0) is 17.8. The van der Waals surface area contributed by atoms with Gasteiger partial charge in [-0.1, -0.05) is 18.2 Å². The number of fused-ring (bicyclic) bond motifs is 1. The van der Waals surface area contributed by atoms with Crippen molar-refractivity contribution in [3.8, 4) is 0 Å². The highest BCUT2D eigenvalue weighted by Gasteiger charge is 2.24. The molecule has 1 aliphatic heterocycles. The van der Waals surface area contributed by atoms with Crippen molar-refractivity contribution in [2.24, 2.45) is 0 Å². The van der Waals surface area contributed by atoms with Crippen molar-refractivity contribution in [1.82, 2.24) is 5.32 Å². The van der Waals surface area contributed by atoms with Gasteiger partial charge in [0.15, 0.2) is 0 Å². The molecule has 3 rings (SSSR count). The van der Waals surface area contributed by atoms with Crippen LogP contribution in [-0.4, -0.2) is 25.0 Å². The maximum Gasteiger partial charge on any atom is 0.321 e. The van der Waals surface area contributed by atoms with Crippen LogP contribution in [0.5, 0.6) is 0 Å². The molecule has 6 heteroatoms. The van der Waals surface area contributed by atoms with Crippen molar-refractivity contribution in [3.63, 3.8) is 0 Å². The van der Waals surface area contributed by atoms with Gasteiger partial charge in [-0.25, -0.2) is 4.79 Å². The van der Waals surface area contributed by atoms with Gasteiger partial charge in [-0.2, -0.15) is 0 Å². The molecule has 0 bridgehead atoms. The minimum Gasteiger partial charge on any atom is -0.399 e. The number of nitrogens with one attached hydrogen (secondary N) is 2. The Morgan fingerprint density at radius 1 is 1.16 bits per heavy atom. The number of amides is 3. The summed E-state index contributed by atoms with van der Waals surface area (Å²) in [6.45, 7) is 3.13. The van der Waals surface area contributed by atoms with Crippen molar-refractivity contribution < 1.29 is 9.59 Å². The third-order valence-corrected chi connectivity index (χ3v) is 4.18. The van der Waals surface area contributed by atoms with Gasteiger partial charge in [-0.05, 0) is 48.7 Å². The van der Waals surface area contributed by atoms with E-state index in [0.717, 1.165) is 23.2 Å². The van der Waals surface area contributed by atoms with Crippen molar-refractivity contribution in [2.75, 3.05) is 29.0 Å². The van der Waals surface area contributed by atoms with Crippen molar-refractivity contribution in [1.29, 1.82) is 0 Å². The molecule has 0 fully saturated rings. The van der Waals surface area contributed by atoms with Crippen LogP contribution in [0.1, 0.15) is 18.1 Å². The van der Waals surface area contributed by atoms with E-state index in [1.54, 1.807) is 17.0 Å². The Balaban J connectivity index is 1.69. The highest BCUT2D eigenvalue weighted by molar-refractivity contribution is 5.97. The molecule has 6 nitrogen and oxygen atoms in total. The average Bonchev–Trinajstić information content (AvgIpc) is 3.00. The lowest BCUT2D eigenvalue weighted by Gasteiger charge is -2.18. The summed E-state index contributed by atoms with van der Waals surface area (Å²) in [6.07, 6.45) is 1.10. The molecule has 0 unspecified atom stereocenters. The van der Waals surface area contributed by atoms with Crippen molar-refractivity contribution >= 4 is 29.0 Å². The molecule has 1 heterocycles. The van der Waals surface area contributed by atoms with Gasteiger partial charge in [0.05, 0.1) is 12.1 Å². The number of nitrogens with two attached hydrogens (primary N) is 1. The van der Waals surface area contributed by atoms with E-state index >= 15 is 0 Å². The van der Waals surface area contributed by atoms with E-state index in [1.165, 1.54) is 0 Å². The number of nitrogen functional groups attached to an aromatic ring is 1. The summed E-state index contributed by atoms with van der Waals surface area (Å²) in [6, 6.07) is 12.8. The zero-order valence-corrected chi connectivity index (χ0v) is 14.2. The van der Waals surface area contributed by atoms with E-state index in [2.05, 4.69) is 10.6 Å². The van der Waals surface area contributed by atoms with Crippen LogP contribution in [0.2, 0.25) is 0 Å². The standard InChI is InChI=1S/C19H22N4O2/c1-2-21-19(25)23-10-9-14-5-8-16(12-17(14)23)22-18(24)11-13-3-6-15(20)7-4-13/h3-8,12H,2,9-11,20H2,1H3,(H,21,25)(H,22,24). The van der Waals surface area contributed by atoms with Crippen LogP contribution in [0.15, 0.2) is 42.5 Å². The molecule has 2 aromatic rings. The highest BCUT2D eigenvalue weighted by Crippen LogP contribution is 2.31. The Bertz CT molecular complexity index is 787. The minimum absolute atomic E-state index is 0.104. The van der Waals surface area contributed by atoms with Gasteiger partial charge < -0.3 is 16.4 Å². The van der Waals surface area contributed by atoms with Gasteiger partial charge in [0.2, 0.25) is 5.91 Å². The topological polar surface area (TPSA) is 87.5 Å². The summed E-state index contributed by atoms with van der Waals surface area (Å²) in [5, 5.41) is 5.71. The lowest BCUT2D eigenvalue weighted by Crippen LogP contribution is -2.38. The first-order chi connectivity index (χ1) is 12.1. The number of nitrogens with zero attached hydrogens (tertiary/aromatic N) is 1. The number of carbonyl (C=O) groups is 2. The predicted molar refractivity (Wildman–Crippen MR) is 99.8 cm³/mol. The van der Waals surface area contributed by atoms with Crippen LogP contribution >= 0.6 is 0 Å². The fourth-order valence-electron chi connectivity index (χ4n) is 2.94. The van der Waals surface area contributed by atoms with Crippen LogP contribution in [0.25, 0.3) is 0 Å². The molecular formula is C19H22N4O2. The van der Waals surface area contributed by atoms with Gasteiger partial charge in [0.1, 0.15) is 0 Å². The fraction of sp³-hybridized carbons (Fsp3) is 0.263. The van der Waals surface area contributed by atoms with Gasteiger partial charge in [0, 0.05) is 24.5 Å². The summed E-state index contributed by atoms with van der Waals surface area (Å²) in [4.78, 5) is 26.1. The fourth-order valence-corrected chi connectivity index (χ4v) is 2.94. The Morgan fingerprint density at radius 2 is 1.92 bits per heavy atom. The Labute approximate surface area is 147 Å². The summed E-state index contributed by atoms with van der Waals surface area (Å²) in [5.74, 6) is -0.104. The van der Waals surface area contributed by atoms with Crippen molar-refractivity contribution in [2.45, 2.75) is 19.8 Å². The predicted octanol–water partition coefficient (Wildman–Crippen LogP) is 2.54. The average molecular weight is 338 g/mol. The number of rotatable bonds is 4. The van der Waals surface area contributed by atoms with Gasteiger partial charge in [0.25, 0.3) is 0 Å². The number of benzene rings is 2. The van der Waals surface area contributed by atoms with Crippen LogP contribution < -0.4 is 21.3 Å². The quantitative estimate of drug-likeness (QED) is 0.749. The van der Waals surface area contributed by atoms with Crippen LogP contribution in [-0.2, 0) is 17.6 Å². The Hall–Kier alpha value is -3.02. The maximum absolute atomic E-state index is 12.2. The molecule has 0 radical (unpaired) electrons. The van der Waals surface area contributed by atoms with Crippen LogP contribution in [0.4, 0.5) is 21.9 Å². The third kappa shape index (κ3) is 3.91. The summed E-state index contributed by atoms with van der Waals surface area (Å²) in [5.41, 5.74) is 9.89. The Morgan fingerprint density at radius 3 is 2.64 bits per heavy atom. The smallest absolute Gasteiger partial charge is 0.321 e. The second-order valence-corrected chi connectivity index (χ2v) is 6.05. The molecule has 3 amide bonds. The van der Waals surface area contributed by atoms with E-state index in [4.69, 9.17) is 5.73 Å². The first-order valence-corrected chi connectivity index (χ1v) is 8.39. The van der Waals surface area contributed by atoms with Crippen molar-refractivity contribution in [3.05, 3.63) is 53.6 Å². The summed E-state index contributed by atoms with van der Waals surface area (Å²) >= 11 is 0. The molecule has 2 aromatic carbocycles. The first-order valence-electron chi connectivity index (χ1n) is 8.39. The Kier molecular flexibility index (Phi) is 4.88. The molecule has 4 N–H and O–H groups in total. The molecule has 1 aliphatic rings. The molecule has 0 saturated carbocycles. The lowest BCUT2D eigenvalue weighted by molar-refractivity contribution is -0.115. The largest absolute Gasteiger partial charge is 0.399 e. The molecule has 25 heavy (non-hydrogen) atoms.